The maximum Gasteiger partial charge on any atom is 0.416 e. The van der Waals surface area contributed by atoms with Crippen LogP contribution in [0.15, 0.2) is 30.6 Å². The number of nitrogens with zero attached hydrogens (tertiary/aromatic N) is 2. The third-order valence-corrected chi connectivity index (χ3v) is 4.65. The Morgan fingerprint density at radius 3 is 2.32 bits per heavy atom. The van der Waals surface area contributed by atoms with E-state index in [1.165, 1.54) is 0 Å². The summed E-state index contributed by atoms with van der Waals surface area (Å²) in [4.78, 5) is 19.5. The Morgan fingerprint density at radius 2 is 1.79 bits per heavy atom. The second kappa shape index (κ2) is 7.06. The molecule has 1 amide bonds. The minimum Gasteiger partial charge on any atom is -0.347 e. The van der Waals surface area contributed by atoms with Gasteiger partial charge in [-0.1, -0.05) is 6.07 Å². The fourth-order valence-corrected chi connectivity index (χ4v) is 3.11. The van der Waals surface area contributed by atoms with Crippen LogP contribution in [0.3, 0.4) is 0 Å². The van der Waals surface area contributed by atoms with Gasteiger partial charge in [0.1, 0.15) is 11.5 Å². The SMILES string of the molecule is CC(F)(F)c1nccnc1C(=O)N[C@@H]1CC[C@@H]1c1ccc(C(F)(F)F)cc1F. The summed E-state index contributed by atoms with van der Waals surface area (Å²) < 4.78 is 79.4. The number of aromatic nitrogens is 2. The van der Waals surface area contributed by atoms with E-state index in [-0.39, 0.29) is 5.56 Å². The molecule has 1 fully saturated rings. The third kappa shape index (κ3) is 3.95. The lowest BCUT2D eigenvalue weighted by Gasteiger charge is -2.37. The van der Waals surface area contributed by atoms with E-state index in [2.05, 4.69) is 15.3 Å². The number of amides is 1. The van der Waals surface area contributed by atoms with Crippen LogP contribution in [0.1, 0.15) is 53.0 Å². The van der Waals surface area contributed by atoms with E-state index in [1.54, 1.807) is 0 Å². The molecule has 4 nitrogen and oxygen atoms in total. The highest BCUT2D eigenvalue weighted by atomic mass is 19.4. The van der Waals surface area contributed by atoms with E-state index in [4.69, 9.17) is 0 Å². The average molecular weight is 403 g/mol. The summed E-state index contributed by atoms with van der Waals surface area (Å²) in [5, 5.41) is 2.50. The molecule has 0 radical (unpaired) electrons. The molecule has 0 bridgehead atoms. The summed E-state index contributed by atoms with van der Waals surface area (Å²) in [7, 11) is 0. The van der Waals surface area contributed by atoms with Crippen LogP contribution in [0.4, 0.5) is 26.3 Å². The van der Waals surface area contributed by atoms with Crippen molar-refractivity contribution < 1.29 is 31.1 Å². The number of carbonyl (C=O) groups excluding carboxylic acids is 1. The lowest BCUT2D eigenvalue weighted by atomic mass is 9.74. The first kappa shape index (κ1) is 20.1. The van der Waals surface area contributed by atoms with Crippen LogP contribution in [-0.2, 0) is 12.1 Å². The van der Waals surface area contributed by atoms with Crippen LogP contribution in [0.2, 0.25) is 0 Å². The van der Waals surface area contributed by atoms with Gasteiger partial charge in [0.15, 0.2) is 5.69 Å². The molecule has 1 N–H and O–H groups in total. The predicted octanol–water partition coefficient (Wildman–Crippen LogP) is 4.42. The van der Waals surface area contributed by atoms with Gasteiger partial charge in [0.25, 0.3) is 11.8 Å². The van der Waals surface area contributed by atoms with Crippen LogP contribution >= 0.6 is 0 Å². The molecule has 1 aliphatic carbocycles. The van der Waals surface area contributed by atoms with Crippen molar-refractivity contribution in [1.82, 2.24) is 15.3 Å². The van der Waals surface area contributed by atoms with Crippen LogP contribution in [-0.4, -0.2) is 21.9 Å². The van der Waals surface area contributed by atoms with E-state index in [0.717, 1.165) is 24.5 Å². The van der Waals surface area contributed by atoms with Gasteiger partial charge in [-0.2, -0.15) is 22.0 Å². The molecule has 10 heteroatoms. The van der Waals surface area contributed by atoms with Gasteiger partial charge >= 0.3 is 6.18 Å². The van der Waals surface area contributed by atoms with Crippen molar-refractivity contribution in [2.75, 3.05) is 0 Å². The highest BCUT2D eigenvalue weighted by molar-refractivity contribution is 5.93. The van der Waals surface area contributed by atoms with Crippen molar-refractivity contribution in [3.63, 3.8) is 0 Å². The van der Waals surface area contributed by atoms with Crippen molar-refractivity contribution in [2.24, 2.45) is 0 Å². The Kier molecular flexibility index (Phi) is 5.07. The predicted molar refractivity (Wildman–Crippen MR) is 86.2 cm³/mol. The Labute approximate surface area is 156 Å². The van der Waals surface area contributed by atoms with Crippen molar-refractivity contribution in [3.8, 4) is 0 Å². The zero-order valence-corrected chi connectivity index (χ0v) is 14.5. The summed E-state index contributed by atoms with van der Waals surface area (Å²) >= 11 is 0. The quantitative estimate of drug-likeness (QED) is 0.769. The van der Waals surface area contributed by atoms with Gasteiger partial charge in [0.2, 0.25) is 0 Å². The molecule has 2 atom stereocenters. The maximum atomic E-state index is 14.2. The van der Waals surface area contributed by atoms with Gasteiger partial charge in [-0.25, -0.2) is 9.37 Å². The van der Waals surface area contributed by atoms with E-state index in [0.29, 0.717) is 25.8 Å². The fourth-order valence-electron chi connectivity index (χ4n) is 3.11. The smallest absolute Gasteiger partial charge is 0.347 e. The third-order valence-electron chi connectivity index (χ3n) is 4.65. The van der Waals surface area contributed by atoms with Crippen molar-refractivity contribution in [2.45, 2.75) is 43.8 Å². The van der Waals surface area contributed by atoms with E-state index >= 15 is 0 Å². The molecule has 1 heterocycles. The Balaban J connectivity index is 1.78. The summed E-state index contributed by atoms with van der Waals surface area (Å²) in [6.45, 7) is 0.581. The van der Waals surface area contributed by atoms with Gasteiger partial charge in [-0.15, -0.1) is 0 Å². The molecule has 3 rings (SSSR count). The molecule has 28 heavy (non-hydrogen) atoms. The normalized spacial score (nSPS) is 19.8. The fraction of sp³-hybridized carbons (Fsp3) is 0.389. The maximum absolute atomic E-state index is 14.2. The highest BCUT2D eigenvalue weighted by Crippen LogP contribution is 2.40. The van der Waals surface area contributed by atoms with Gasteiger partial charge in [0, 0.05) is 31.3 Å². The molecule has 1 aliphatic rings. The molecule has 0 unspecified atom stereocenters. The zero-order valence-electron chi connectivity index (χ0n) is 14.5. The average Bonchev–Trinajstić information content (AvgIpc) is 2.58. The summed E-state index contributed by atoms with van der Waals surface area (Å²) in [5.74, 6) is -5.88. The van der Waals surface area contributed by atoms with Crippen LogP contribution in [0.5, 0.6) is 0 Å². The number of alkyl halides is 5. The van der Waals surface area contributed by atoms with Crippen LogP contribution in [0.25, 0.3) is 0 Å². The zero-order chi connectivity index (χ0) is 20.7. The second-order valence-corrected chi connectivity index (χ2v) is 6.64. The van der Waals surface area contributed by atoms with Gasteiger partial charge in [-0.3, -0.25) is 9.78 Å². The first-order valence-electron chi connectivity index (χ1n) is 8.35. The Morgan fingerprint density at radius 1 is 1.11 bits per heavy atom. The summed E-state index contributed by atoms with van der Waals surface area (Å²) in [5.41, 5.74) is -2.41. The highest BCUT2D eigenvalue weighted by Gasteiger charge is 2.39. The molecule has 0 spiro atoms. The van der Waals surface area contributed by atoms with Crippen LogP contribution < -0.4 is 5.32 Å². The largest absolute Gasteiger partial charge is 0.416 e. The lowest BCUT2D eigenvalue weighted by Crippen LogP contribution is -2.46. The first-order chi connectivity index (χ1) is 13.0. The summed E-state index contributed by atoms with van der Waals surface area (Å²) in [6, 6.07) is 1.60. The molecular weight excluding hydrogens is 388 g/mol. The lowest BCUT2D eigenvalue weighted by molar-refractivity contribution is -0.137. The number of hydrogen-bond acceptors (Lipinski definition) is 3. The molecule has 1 saturated carbocycles. The molecule has 1 aromatic heterocycles. The van der Waals surface area contributed by atoms with Gasteiger partial charge < -0.3 is 5.32 Å². The first-order valence-corrected chi connectivity index (χ1v) is 8.35. The van der Waals surface area contributed by atoms with E-state index in [9.17, 15) is 31.1 Å². The Bertz CT molecular complexity index is 894. The molecule has 0 saturated heterocycles. The molecule has 0 aliphatic heterocycles. The minimum absolute atomic E-state index is 0.0322. The monoisotopic (exact) mass is 403 g/mol. The number of carbonyl (C=O) groups is 1. The molecule has 150 valence electrons. The van der Waals surface area contributed by atoms with Crippen molar-refractivity contribution in [3.05, 3.63) is 58.9 Å². The van der Waals surface area contributed by atoms with Crippen molar-refractivity contribution in [1.29, 1.82) is 0 Å². The molecule has 1 aromatic carbocycles. The topological polar surface area (TPSA) is 54.9 Å². The number of halogens is 6. The summed E-state index contributed by atoms with van der Waals surface area (Å²) in [6.07, 6.45) is -1.68. The molecule has 2 aromatic rings. The second-order valence-electron chi connectivity index (χ2n) is 6.64. The number of hydrogen-bond donors (Lipinski definition) is 1. The minimum atomic E-state index is -4.67. The van der Waals surface area contributed by atoms with E-state index < -0.39 is 52.7 Å². The number of benzene rings is 1. The standard InChI is InChI=1S/C18H15F6N3O/c1-17(20,21)15-14(25-6-7-26-15)16(28)27-13-5-4-11(13)10-3-2-9(8-12(10)19)18(22,23)24/h2-3,6-8,11,13H,4-5H2,1H3,(H,27,28)/t11-,13-/m1/s1. The van der Waals surface area contributed by atoms with Gasteiger partial charge in [-0.05, 0) is 30.5 Å². The van der Waals surface area contributed by atoms with Crippen molar-refractivity contribution >= 4 is 5.91 Å². The van der Waals surface area contributed by atoms with Crippen LogP contribution in [0, 0.1) is 5.82 Å². The number of nitrogens with one attached hydrogen (secondary N) is 1. The molecular formula is C18H15F6N3O. The van der Waals surface area contributed by atoms with E-state index in [1.807, 2.05) is 0 Å². The Hall–Kier alpha value is -2.65. The van der Waals surface area contributed by atoms with Gasteiger partial charge in [0.05, 0.1) is 5.56 Å². The number of rotatable bonds is 4.